The summed E-state index contributed by atoms with van der Waals surface area (Å²) in [6.45, 7) is 3.61. The van der Waals surface area contributed by atoms with Crippen LogP contribution in [0.25, 0.3) is 0 Å². The number of phosphoric ester groups is 1. The summed E-state index contributed by atoms with van der Waals surface area (Å²) in [5, 5.41) is 0. The van der Waals surface area contributed by atoms with E-state index in [4.69, 9.17) is 19.3 Å². The Labute approximate surface area is 363 Å². The van der Waals surface area contributed by atoms with Crippen molar-refractivity contribution in [1.82, 2.24) is 0 Å². The molecule has 1 atom stereocenters. The second-order valence-corrected chi connectivity index (χ2v) is 18.0. The van der Waals surface area contributed by atoms with E-state index in [2.05, 4.69) is 54.8 Å². The fourth-order valence-corrected chi connectivity index (χ4v) is 7.63. The highest BCUT2D eigenvalue weighted by molar-refractivity contribution is 7.46. The summed E-state index contributed by atoms with van der Waals surface area (Å²) < 4.78 is 26.5. The van der Waals surface area contributed by atoms with E-state index in [0.29, 0.717) is 6.42 Å². The van der Waals surface area contributed by atoms with Crippen LogP contribution >= 0.6 is 7.82 Å². The molecule has 0 fully saturated rings. The van der Waals surface area contributed by atoms with Gasteiger partial charge in [0.05, 0.1) is 6.61 Å². The van der Waals surface area contributed by atoms with Gasteiger partial charge in [0.25, 0.3) is 0 Å². The van der Waals surface area contributed by atoms with Crippen LogP contribution in [0, 0.1) is 0 Å². The average molecular weight is 853 g/mol. The molecule has 0 aliphatic heterocycles. The first-order chi connectivity index (χ1) is 28.8. The van der Waals surface area contributed by atoms with Gasteiger partial charge in [0.15, 0.2) is 6.10 Å². The van der Waals surface area contributed by atoms with Crippen LogP contribution in [0.4, 0.5) is 0 Å². The molecule has 346 valence electrons. The van der Waals surface area contributed by atoms with Crippen LogP contribution in [0.15, 0.2) is 36.5 Å². The number of unbranched alkanes of at least 4 members (excludes halogenated alkanes) is 30. The van der Waals surface area contributed by atoms with Gasteiger partial charge in [-0.15, -0.1) is 0 Å². The summed E-state index contributed by atoms with van der Waals surface area (Å²) in [4.78, 5) is 43.0. The molecule has 59 heavy (non-hydrogen) atoms. The molecule has 1 unspecified atom stereocenters. The van der Waals surface area contributed by atoms with Crippen molar-refractivity contribution >= 4 is 19.8 Å². The quantitative estimate of drug-likeness (QED) is 0.0269. The van der Waals surface area contributed by atoms with Gasteiger partial charge in [-0.25, -0.2) is 4.57 Å². The number of esters is 2. The number of phosphoric acid groups is 1. The number of hydrogen-bond donors (Lipinski definition) is 2. The zero-order chi connectivity index (χ0) is 43.2. The van der Waals surface area contributed by atoms with E-state index in [1.54, 1.807) is 0 Å². The Kier molecular flexibility index (Phi) is 44.4. The molecule has 0 saturated heterocycles. The van der Waals surface area contributed by atoms with Crippen LogP contribution < -0.4 is 0 Å². The number of allylic oxidation sites excluding steroid dienone is 6. The molecule has 0 radical (unpaired) electrons. The number of ether oxygens (including phenoxy) is 2. The smallest absolute Gasteiger partial charge is 0.462 e. The molecule has 0 aromatic carbocycles. The van der Waals surface area contributed by atoms with E-state index in [9.17, 15) is 14.2 Å². The van der Waals surface area contributed by atoms with Crippen molar-refractivity contribution in [3.63, 3.8) is 0 Å². The third kappa shape index (κ3) is 48.8. The van der Waals surface area contributed by atoms with Crippen LogP contribution in [0.1, 0.15) is 251 Å². The molecular weight excluding hydrogens is 760 g/mol. The van der Waals surface area contributed by atoms with Gasteiger partial charge >= 0.3 is 19.8 Å². The standard InChI is InChI=1S/C50H93O8P/c1-3-5-7-9-11-13-15-17-19-21-22-23-24-25-26-27-29-30-32-34-36-38-40-42-44-49(51)56-46-48(47-57-59(53,54)55)58-50(52)45-43-41-39-37-35-33-31-28-20-18-16-14-12-10-8-6-4-2/h6,8,12,14,18,20,48H,3-5,7,9-11,13,15-17,19,21-47H2,1-2H3,(H2,53,54,55)/b8-6-,14-12-,20-18-. The summed E-state index contributed by atoms with van der Waals surface area (Å²) >= 11 is 0. The van der Waals surface area contributed by atoms with E-state index in [1.807, 2.05) is 0 Å². The molecule has 0 aliphatic carbocycles. The minimum Gasteiger partial charge on any atom is -0.462 e. The molecule has 8 nitrogen and oxygen atoms in total. The van der Waals surface area contributed by atoms with Gasteiger partial charge in [0.2, 0.25) is 0 Å². The zero-order valence-corrected chi connectivity index (χ0v) is 39.3. The van der Waals surface area contributed by atoms with Crippen LogP contribution in [0.5, 0.6) is 0 Å². The maximum atomic E-state index is 12.4. The van der Waals surface area contributed by atoms with Gasteiger partial charge < -0.3 is 19.3 Å². The third-order valence-electron chi connectivity index (χ3n) is 10.9. The molecule has 0 amide bonds. The van der Waals surface area contributed by atoms with E-state index < -0.39 is 32.5 Å². The van der Waals surface area contributed by atoms with Crippen molar-refractivity contribution in [3.05, 3.63) is 36.5 Å². The Morgan fingerprint density at radius 3 is 1.22 bits per heavy atom. The van der Waals surface area contributed by atoms with Gasteiger partial charge in [-0.3, -0.25) is 14.1 Å². The monoisotopic (exact) mass is 853 g/mol. The highest BCUT2D eigenvalue weighted by Crippen LogP contribution is 2.36. The molecule has 0 aliphatic rings. The minimum absolute atomic E-state index is 0.202. The Bertz CT molecular complexity index is 1050. The Morgan fingerprint density at radius 2 is 0.814 bits per heavy atom. The summed E-state index contributed by atoms with van der Waals surface area (Å²) in [7, 11) is -4.76. The Hall–Kier alpha value is -1.73. The lowest BCUT2D eigenvalue weighted by atomic mass is 10.0. The van der Waals surface area contributed by atoms with Crippen LogP contribution in [0.2, 0.25) is 0 Å². The molecule has 0 bridgehead atoms. The average Bonchev–Trinajstić information content (AvgIpc) is 3.21. The molecule has 2 N–H and O–H groups in total. The molecule has 0 rings (SSSR count). The predicted octanol–water partition coefficient (Wildman–Crippen LogP) is 15.7. The van der Waals surface area contributed by atoms with Crippen molar-refractivity contribution < 1.29 is 37.9 Å². The number of carbonyl (C=O) groups excluding carboxylic acids is 2. The largest absolute Gasteiger partial charge is 0.469 e. The van der Waals surface area contributed by atoms with E-state index in [-0.39, 0.29) is 19.4 Å². The van der Waals surface area contributed by atoms with Crippen LogP contribution in [-0.4, -0.2) is 41.0 Å². The summed E-state index contributed by atoms with van der Waals surface area (Å²) in [5.74, 6) is -0.885. The number of hydrogen-bond acceptors (Lipinski definition) is 6. The zero-order valence-electron chi connectivity index (χ0n) is 38.4. The molecule has 0 spiro atoms. The molecule has 0 aromatic heterocycles. The molecule has 0 saturated carbocycles. The van der Waals surface area contributed by atoms with Crippen molar-refractivity contribution in [3.8, 4) is 0 Å². The summed E-state index contributed by atoms with van der Waals surface area (Å²) in [5.41, 5.74) is 0. The maximum Gasteiger partial charge on any atom is 0.469 e. The van der Waals surface area contributed by atoms with E-state index in [1.165, 1.54) is 154 Å². The lowest BCUT2D eigenvalue weighted by Crippen LogP contribution is -2.29. The SMILES string of the molecule is CC/C=C\C/C=C\C/C=C\CCCCCCCCCC(=O)OC(COC(=O)CCCCCCCCCCCCCCCCCCCCCCCCCC)COP(=O)(O)O. The lowest BCUT2D eigenvalue weighted by Gasteiger charge is -2.18. The molecular formula is C50H93O8P. The summed E-state index contributed by atoms with van der Waals surface area (Å²) in [6.07, 6.45) is 56.0. The molecule has 9 heteroatoms. The van der Waals surface area contributed by atoms with Crippen molar-refractivity contribution in [1.29, 1.82) is 0 Å². The third-order valence-corrected chi connectivity index (χ3v) is 11.4. The Balaban J connectivity index is 3.78. The first kappa shape index (κ1) is 57.3. The highest BCUT2D eigenvalue weighted by atomic mass is 31.2. The molecule has 0 aromatic rings. The second kappa shape index (κ2) is 45.8. The van der Waals surface area contributed by atoms with Gasteiger partial charge in [-0.2, -0.15) is 0 Å². The van der Waals surface area contributed by atoms with Gasteiger partial charge in [-0.05, 0) is 44.9 Å². The first-order valence-electron chi connectivity index (χ1n) is 24.8. The highest BCUT2D eigenvalue weighted by Gasteiger charge is 2.23. The van der Waals surface area contributed by atoms with Gasteiger partial charge in [0.1, 0.15) is 6.61 Å². The van der Waals surface area contributed by atoms with Crippen molar-refractivity contribution in [2.45, 2.75) is 258 Å². The first-order valence-corrected chi connectivity index (χ1v) is 26.3. The normalized spacial score (nSPS) is 12.7. The van der Waals surface area contributed by atoms with Crippen LogP contribution in [0.3, 0.4) is 0 Å². The fourth-order valence-electron chi connectivity index (χ4n) is 7.27. The molecule has 0 heterocycles. The van der Waals surface area contributed by atoms with Crippen molar-refractivity contribution in [2.75, 3.05) is 13.2 Å². The maximum absolute atomic E-state index is 12.4. The van der Waals surface area contributed by atoms with Crippen molar-refractivity contribution in [2.24, 2.45) is 0 Å². The van der Waals surface area contributed by atoms with Gasteiger partial charge in [0, 0.05) is 12.8 Å². The van der Waals surface area contributed by atoms with E-state index >= 15 is 0 Å². The Morgan fingerprint density at radius 1 is 0.458 bits per heavy atom. The lowest BCUT2D eigenvalue weighted by molar-refractivity contribution is -0.161. The van der Waals surface area contributed by atoms with Crippen LogP contribution in [-0.2, 0) is 28.2 Å². The minimum atomic E-state index is -4.76. The van der Waals surface area contributed by atoms with Gasteiger partial charge in [-0.1, -0.05) is 230 Å². The second-order valence-electron chi connectivity index (χ2n) is 16.8. The van der Waals surface area contributed by atoms with E-state index in [0.717, 1.165) is 64.2 Å². The topological polar surface area (TPSA) is 119 Å². The fraction of sp³-hybridized carbons (Fsp3) is 0.840. The summed E-state index contributed by atoms with van der Waals surface area (Å²) in [6, 6.07) is 0. The number of rotatable bonds is 46. The predicted molar refractivity (Wildman–Crippen MR) is 248 cm³/mol. The number of carbonyl (C=O) groups is 2.